The molecule has 0 atom stereocenters. The molecule has 0 saturated heterocycles. The number of carbonyl (C=O) groups excluding carboxylic acids is 2. The van der Waals surface area contributed by atoms with Crippen molar-refractivity contribution in [1.29, 1.82) is 0 Å². The lowest BCUT2D eigenvalue weighted by molar-refractivity contribution is 0.0945. The Labute approximate surface area is 198 Å². The van der Waals surface area contributed by atoms with E-state index in [9.17, 15) is 14.0 Å². The summed E-state index contributed by atoms with van der Waals surface area (Å²) < 4.78 is 19.5. The van der Waals surface area contributed by atoms with Crippen molar-refractivity contribution in [3.05, 3.63) is 83.2 Å². The number of furan rings is 1. The Kier molecular flexibility index (Phi) is 6.50. The van der Waals surface area contributed by atoms with Crippen molar-refractivity contribution in [1.82, 2.24) is 10.6 Å². The summed E-state index contributed by atoms with van der Waals surface area (Å²) >= 11 is 0. The minimum absolute atomic E-state index is 0.118. The predicted octanol–water partition coefficient (Wildman–Crippen LogP) is 5.96. The van der Waals surface area contributed by atoms with E-state index in [1.54, 1.807) is 19.2 Å². The van der Waals surface area contributed by atoms with Crippen LogP contribution in [0.1, 0.15) is 40.1 Å². The first kappa shape index (κ1) is 23.2. The highest BCUT2D eigenvalue weighted by molar-refractivity contribution is 6.11. The standard InChI is InChI=1S/C28H27FN2O3/c1-16(2)15-31-27(32)21-12-17(3)11-20(13-21)19-7-10-24-23(14-19)25(28(33)30-4)26(34-24)18-5-8-22(29)9-6-18/h5-14,16H,15H2,1-4H3,(H,30,33)(H,31,32). The summed E-state index contributed by atoms with van der Waals surface area (Å²) in [5.41, 5.74) is 4.80. The van der Waals surface area contributed by atoms with Crippen LogP contribution in [-0.4, -0.2) is 25.4 Å². The molecule has 4 aromatic rings. The van der Waals surface area contributed by atoms with E-state index >= 15 is 0 Å². The number of carbonyl (C=O) groups is 2. The van der Waals surface area contributed by atoms with Crippen LogP contribution in [-0.2, 0) is 0 Å². The van der Waals surface area contributed by atoms with Gasteiger partial charge in [-0.3, -0.25) is 9.59 Å². The van der Waals surface area contributed by atoms with Crippen LogP contribution >= 0.6 is 0 Å². The fraction of sp³-hybridized carbons (Fsp3) is 0.214. The average Bonchev–Trinajstić information content (AvgIpc) is 3.20. The van der Waals surface area contributed by atoms with Crippen molar-refractivity contribution in [2.24, 2.45) is 5.92 Å². The molecule has 2 N–H and O–H groups in total. The van der Waals surface area contributed by atoms with Crippen LogP contribution in [0.2, 0.25) is 0 Å². The number of hydrogen-bond donors (Lipinski definition) is 2. The summed E-state index contributed by atoms with van der Waals surface area (Å²) in [6, 6.07) is 17.2. The zero-order valence-corrected chi connectivity index (χ0v) is 19.7. The minimum atomic E-state index is -0.365. The number of amides is 2. The lowest BCUT2D eigenvalue weighted by Gasteiger charge is -2.11. The number of halogens is 1. The highest BCUT2D eigenvalue weighted by Crippen LogP contribution is 2.36. The quantitative estimate of drug-likeness (QED) is 0.375. The summed E-state index contributed by atoms with van der Waals surface area (Å²) in [4.78, 5) is 25.5. The van der Waals surface area contributed by atoms with E-state index < -0.39 is 0 Å². The number of rotatable bonds is 6. The Hall–Kier alpha value is -3.93. The van der Waals surface area contributed by atoms with Crippen LogP contribution in [0.3, 0.4) is 0 Å². The van der Waals surface area contributed by atoms with Crippen molar-refractivity contribution in [2.75, 3.05) is 13.6 Å². The van der Waals surface area contributed by atoms with Gasteiger partial charge < -0.3 is 15.1 Å². The van der Waals surface area contributed by atoms with Gasteiger partial charge in [-0.15, -0.1) is 0 Å². The maximum Gasteiger partial charge on any atom is 0.255 e. The Morgan fingerprint density at radius 1 is 0.912 bits per heavy atom. The zero-order chi connectivity index (χ0) is 24.4. The van der Waals surface area contributed by atoms with Crippen LogP contribution in [0.25, 0.3) is 33.4 Å². The maximum atomic E-state index is 13.4. The van der Waals surface area contributed by atoms with Gasteiger partial charge in [-0.2, -0.15) is 0 Å². The molecule has 0 spiro atoms. The molecular weight excluding hydrogens is 431 g/mol. The van der Waals surface area contributed by atoms with Crippen molar-refractivity contribution in [2.45, 2.75) is 20.8 Å². The monoisotopic (exact) mass is 458 g/mol. The minimum Gasteiger partial charge on any atom is -0.455 e. The van der Waals surface area contributed by atoms with Gasteiger partial charge in [-0.05, 0) is 78.1 Å². The van der Waals surface area contributed by atoms with Gasteiger partial charge in [-0.25, -0.2) is 4.39 Å². The number of fused-ring (bicyclic) bond motifs is 1. The van der Waals surface area contributed by atoms with Gasteiger partial charge in [0.15, 0.2) is 0 Å². The molecule has 1 aromatic heterocycles. The molecule has 34 heavy (non-hydrogen) atoms. The Bertz CT molecular complexity index is 1370. The smallest absolute Gasteiger partial charge is 0.255 e. The molecule has 3 aromatic carbocycles. The van der Waals surface area contributed by atoms with E-state index in [2.05, 4.69) is 10.6 Å². The maximum absolute atomic E-state index is 13.4. The number of aryl methyl sites for hydroxylation is 1. The molecule has 0 bridgehead atoms. The molecule has 174 valence electrons. The fourth-order valence-electron chi connectivity index (χ4n) is 3.91. The summed E-state index contributed by atoms with van der Waals surface area (Å²) in [7, 11) is 1.56. The second kappa shape index (κ2) is 9.51. The Balaban J connectivity index is 1.82. The summed E-state index contributed by atoms with van der Waals surface area (Å²) in [5.74, 6) is -0.0445. The van der Waals surface area contributed by atoms with Crippen molar-refractivity contribution < 1.29 is 18.4 Å². The average molecular weight is 459 g/mol. The molecule has 0 aliphatic heterocycles. The first-order valence-electron chi connectivity index (χ1n) is 11.2. The van der Waals surface area contributed by atoms with E-state index in [4.69, 9.17) is 4.42 Å². The van der Waals surface area contributed by atoms with E-state index in [0.717, 1.165) is 16.7 Å². The van der Waals surface area contributed by atoms with Crippen LogP contribution < -0.4 is 10.6 Å². The van der Waals surface area contributed by atoms with E-state index in [1.165, 1.54) is 12.1 Å². The molecule has 5 nitrogen and oxygen atoms in total. The Morgan fingerprint density at radius 2 is 1.62 bits per heavy atom. The van der Waals surface area contributed by atoms with Gasteiger partial charge in [0.2, 0.25) is 0 Å². The first-order valence-corrected chi connectivity index (χ1v) is 11.2. The second-order valence-electron chi connectivity index (χ2n) is 8.79. The van der Waals surface area contributed by atoms with Gasteiger partial charge >= 0.3 is 0 Å². The third-order valence-electron chi connectivity index (χ3n) is 5.59. The van der Waals surface area contributed by atoms with Crippen LogP contribution in [0.5, 0.6) is 0 Å². The van der Waals surface area contributed by atoms with Gasteiger partial charge in [0.1, 0.15) is 17.2 Å². The van der Waals surface area contributed by atoms with Crippen molar-refractivity contribution in [3.63, 3.8) is 0 Å². The molecule has 0 fully saturated rings. The third-order valence-corrected chi connectivity index (χ3v) is 5.59. The van der Waals surface area contributed by atoms with Crippen LogP contribution in [0.15, 0.2) is 65.1 Å². The second-order valence-corrected chi connectivity index (χ2v) is 8.79. The largest absolute Gasteiger partial charge is 0.455 e. The van der Waals surface area contributed by atoms with E-state index in [-0.39, 0.29) is 17.6 Å². The molecule has 4 rings (SSSR count). The first-order chi connectivity index (χ1) is 16.3. The molecule has 0 radical (unpaired) electrons. The molecule has 6 heteroatoms. The van der Waals surface area contributed by atoms with Crippen LogP contribution in [0, 0.1) is 18.7 Å². The fourth-order valence-corrected chi connectivity index (χ4v) is 3.91. The topological polar surface area (TPSA) is 71.3 Å². The SMILES string of the molecule is CNC(=O)c1c(-c2ccc(F)cc2)oc2ccc(-c3cc(C)cc(C(=O)NCC(C)C)c3)cc12. The van der Waals surface area contributed by atoms with E-state index in [1.807, 2.05) is 57.2 Å². The lowest BCUT2D eigenvalue weighted by Crippen LogP contribution is -2.27. The number of benzene rings is 3. The predicted molar refractivity (Wildman–Crippen MR) is 132 cm³/mol. The summed E-state index contributed by atoms with van der Waals surface area (Å²) in [6.07, 6.45) is 0. The molecule has 0 unspecified atom stereocenters. The normalized spacial score (nSPS) is 11.1. The van der Waals surface area contributed by atoms with Crippen molar-refractivity contribution in [3.8, 4) is 22.5 Å². The summed E-state index contributed by atoms with van der Waals surface area (Å²) in [6.45, 7) is 6.64. The van der Waals surface area contributed by atoms with E-state index in [0.29, 0.717) is 45.9 Å². The highest BCUT2D eigenvalue weighted by Gasteiger charge is 2.22. The Morgan fingerprint density at radius 3 is 2.29 bits per heavy atom. The molecule has 0 aliphatic carbocycles. The molecule has 0 saturated carbocycles. The zero-order valence-electron chi connectivity index (χ0n) is 19.7. The van der Waals surface area contributed by atoms with Gasteiger partial charge in [0.25, 0.3) is 11.8 Å². The van der Waals surface area contributed by atoms with Gasteiger partial charge in [0.05, 0.1) is 5.56 Å². The van der Waals surface area contributed by atoms with Gasteiger partial charge in [0, 0.05) is 30.1 Å². The number of hydrogen-bond acceptors (Lipinski definition) is 3. The van der Waals surface area contributed by atoms with Crippen molar-refractivity contribution >= 4 is 22.8 Å². The molecule has 2 amide bonds. The molecular formula is C28H27FN2O3. The van der Waals surface area contributed by atoms with Crippen LogP contribution in [0.4, 0.5) is 4.39 Å². The number of nitrogens with one attached hydrogen (secondary N) is 2. The lowest BCUT2D eigenvalue weighted by atomic mass is 9.97. The molecule has 0 aliphatic rings. The highest BCUT2D eigenvalue weighted by atomic mass is 19.1. The third kappa shape index (κ3) is 4.71. The summed E-state index contributed by atoms with van der Waals surface area (Å²) in [5, 5.41) is 6.27. The molecule has 1 heterocycles. The van der Waals surface area contributed by atoms with Gasteiger partial charge in [-0.1, -0.05) is 26.0 Å².